The summed E-state index contributed by atoms with van der Waals surface area (Å²) in [5.74, 6) is 1.75. The predicted octanol–water partition coefficient (Wildman–Crippen LogP) is 3.54. The summed E-state index contributed by atoms with van der Waals surface area (Å²) in [5.41, 5.74) is 1.18. The number of hydrogen-bond donors (Lipinski definition) is 1. The van der Waals surface area contributed by atoms with Crippen LogP contribution in [0.4, 0.5) is 0 Å². The first-order valence-electron chi connectivity index (χ1n) is 6.70. The fraction of sp³-hybridized carbons (Fsp3) is 0.600. The molecule has 3 nitrogen and oxygen atoms in total. The maximum absolute atomic E-state index is 5.98. The molecule has 1 N–H and O–H groups in total. The van der Waals surface area contributed by atoms with Crippen LogP contribution in [0.25, 0.3) is 0 Å². The molecule has 0 amide bonds. The number of nitrogens with one attached hydrogen (secondary N) is 1. The smallest absolute Gasteiger partial charge is 0.128 e. The van der Waals surface area contributed by atoms with E-state index in [0.717, 1.165) is 24.5 Å². The molecule has 0 aliphatic carbocycles. The monoisotopic (exact) mass is 251 g/mol. The van der Waals surface area contributed by atoms with E-state index in [0.29, 0.717) is 0 Å². The highest BCUT2D eigenvalue weighted by Crippen LogP contribution is 2.30. The second-order valence-electron chi connectivity index (χ2n) is 4.52. The van der Waals surface area contributed by atoms with Gasteiger partial charge >= 0.3 is 0 Å². The third kappa shape index (κ3) is 3.91. The van der Waals surface area contributed by atoms with Crippen LogP contribution in [0.1, 0.15) is 45.7 Å². The molecule has 102 valence electrons. The molecule has 2 unspecified atom stereocenters. The van der Waals surface area contributed by atoms with Gasteiger partial charge in [0.15, 0.2) is 0 Å². The van der Waals surface area contributed by atoms with Crippen LogP contribution in [-0.2, 0) is 0 Å². The Balaban J connectivity index is 2.99. The van der Waals surface area contributed by atoms with Gasteiger partial charge in [-0.2, -0.15) is 0 Å². The molecule has 0 radical (unpaired) electrons. The van der Waals surface area contributed by atoms with Crippen LogP contribution in [0.3, 0.4) is 0 Å². The highest BCUT2D eigenvalue weighted by Gasteiger charge is 2.13. The third-order valence-electron chi connectivity index (χ3n) is 3.10. The zero-order valence-corrected chi connectivity index (χ0v) is 12.1. The number of methoxy groups -OCH3 is 1. The fourth-order valence-corrected chi connectivity index (χ4v) is 1.82. The quantitative estimate of drug-likeness (QED) is 0.804. The zero-order chi connectivity index (χ0) is 13.5. The van der Waals surface area contributed by atoms with Crippen molar-refractivity contribution < 1.29 is 9.47 Å². The van der Waals surface area contributed by atoms with Crippen molar-refractivity contribution in [2.24, 2.45) is 0 Å². The average molecular weight is 251 g/mol. The molecule has 1 aromatic rings. The second-order valence-corrected chi connectivity index (χ2v) is 4.52. The summed E-state index contributed by atoms with van der Waals surface area (Å²) in [6, 6.07) is 6.30. The lowest BCUT2D eigenvalue weighted by molar-refractivity contribution is 0.213. The van der Waals surface area contributed by atoms with Crippen LogP contribution >= 0.6 is 0 Å². The second kappa shape index (κ2) is 7.27. The van der Waals surface area contributed by atoms with Crippen molar-refractivity contribution in [2.45, 2.75) is 46.3 Å². The van der Waals surface area contributed by atoms with E-state index in [4.69, 9.17) is 9.47 Å². The van der Waals surface area contributed by atoms with Crippen molar-refractivity contribution in [3.8, 4) is 11.5 Å². The van der Waals surface area contributed by atoms with Crippen LogP contribution in [-0.4, -0.2) is 19.8 Å². The van der Waals surface area contributed by atoms with E-state index in [1.165, 1.54) is 5.56 Å². The molecule has 18 heavy (non-hydrogen) atoms. The van der Waals surface area contributed by atoms with E-state index in [1.54, 1.807) is 7.11 Å². The van der Waals surface area contributed by atoms with Crippen molar-refractivity contribution >= 4 is 0 Å². The van der Waals surface area contributed by atoms with E-state index in [2.05, 4.69) is 39.1 Å². The van der Waals surface area contributed by atoms with Crippen LogP contribution in [0, 0.1) is 0 Å². The van der Waals surface area contributed by atoms with Crippen LogP contribution in [0.2, 0.25) is 0 Å². The number of ether oxygens (including phenoxy) is 2. The van der Waals surface area contributed by atoms with Gasteiger partial charge in [0.2, 0.25) is 0 Å². The van der Waals surface area contributed by atoms with E-state index >= 15 is 0 Å². The first-order chi connectivity index (χ1) is 8.62. The van der Waals surface area contributed by atoms with Crippen molar-refractivity contribution in [2.75, 3.05) is 13.7 Å². The molecule has 0 saturated carbocycles. The maximum Gasteiger partial charge on any atom is 0.128 e. The molecule has 0 aromatic heterocycles. The van der Waals surface area contributed by atoms with Crippen molar-refractivity contribution in [1.29, 1.82) is 0 Å². The van der Waals surface area contributed by atoms with E-state index < -0.39 is 0 Å². The lowest BCUT2D eigenvalue weighted by Crippen LogP contribution is -2.20. The Bertz CT molecular complexity index is 366. The Hall–Kier alpha value is -1.22. The minimum atomic E-state index is 0.213. The molecule has 0 aliphatic heterocycles. The molecule has 0 heterocycles. The lowest BCUT2D eigenvalue weighted by Gasteiger charge is -2.21. The van der Waals surface area contributed by atoms with Gasteiger partial charge in [0.05, 0.1) is 13.2 Å². The van der Waals surface area contributed by atoms with Crippen LogP contribution in [0.15, 0.2) is 18.2 Å². The zero-order valence-electron chi connectivity index (χ0n) is 12.1. The summed E-state index contributed by atoms with van der Waals surface area (Å²) in [7, 11) is 1.68. The summed E-state index contributed by atoms with van der Waals surface area (Å²) in [5, 5.41) is 3.41. The summed E-state index contributed by atoms with van der Waals surface area (Å²) in [6.07, 6.45) is 1.20. The molecule has 0 fully saturated rings. The Labute approximate surface area is 110 Å². The van der Waals surface area contributed by atoms with Crippen molar-refractivity contribution in [1.82, 2.24) is 5.32 Å². The molecule has 0 spiro atoms. The summed E-state index contributed by atoms with van der Waals surface area (Å²) in [6.45, 7) is 9.40. The molecule has 1 aromatic carbocycles. The Morgan fingerprint density at radius 1 is 1.22 bits per heavy atom. The van der Waals surface area contributed by atoms with Gasteiger partial charge in [-0.1, -0.05) is 19.9 Å². The van der Waals surface area contributed by atoms with Gasteiger partial charge in [0.25, 0.3) is 0 Å². The van der Waals surface area contributed by atoms with Gasteiger partial charge in [-0.25, -0.2) is 0 Å². The summed E-state index contributed by atoms with van der Waals surface area (Å²) < 4.78 is 11.2. The van der Waals surface area contributed by atoms with Crippen molar-refractivity contribution in [3.63, 3.8) is 0 Å². The summed E-state index contributed by atoms with van der Waals surface area (Å²) >= 11 is 0. The molecule has 0 bridgehead atoms. The van der Waals surface area contributed by atoms with Gasteiger partial charge in [-0.05, 0) is 32.9 Å². The Morgan fingerprint density at radius 2 is 1.94 bits per heavy atom. The highest BCUT2D eigenvalue weighted by atomic mass is 16.5. The normalized spacial score (nSPS) is 14.1. The topological polar surface area (TPSA) is 30.5 Å². The average Bonchev–Trinajstić information content (AvgIpc) is 2.38. The van der Waals surface area contributed by atoms with Crippen molar-refractivity contribution in [3.05, 3.63) is 23.8 Å². The molecule has 2 atom stereocenters. The van der Waals surface area contributed by atoms with Crippen LogP contribution < -0.4 is 14.8 Å². The van der Waals surface area contributed by atoms with E-state index in [1.807, 2.05) is 12.1 Å². The SMILES string of the molecule is CCNC(C)c1ccc(OC)cc1OC(C)CC. The predicted molar refractivity (Wildman–Crippen MR) is 75.5 cm³/mol. The van der Waals surface area contributed by atoms with E-state index in [9.17, 15) is 0 Å². The minimum absolute atomic E-state index is 0.213. The fourth-order valence-electron chi connectivity index (χ4n) is 1.82. The van der Waals surface area contributed by atoms with E-state index in [-0.39, 0.29) is 12.1 Å². The Kier molecular flexibility index (Phi) is 5.99. The number of rotatable bonds is 7. The third-order valence-corrected chi connectivity index (χ3v) is 3.10. The molecular weight excluding hydrogens is 226 g/mol. The molecular formula is C15H25NO2. The maximum atomic E-state index is 5.98. The standard InChI is InChI=1S/C15H25NO2/c1-6-11(3)18-15-10-13(17-5)8-9-14(15)12(4)16-7-2/h8-12,16H,6-7H2,1-5H3. The van der Waals surface area contributed by atoms with Gasteiger partial charge in [0.1, 0.15) is 11.5 Å². The van der Waals surface area contributed by atoms with Gasteiger partial charge < -0.3 is 14.8 Å². The van der Waals surface area contributed by atoms with Crippen LogP contribution in [0.5, 0.6) is 11.5 Å². The molecule has 0 aliphatic rings. The highest BCUT2D eigenvalue weighted by molar-refractivity contribution is 5.42. The Morgan fingerprint density at radius 3 is 2.50 bits per heavy atom. The number of hydrogen-bond acceptors (Lipinski definition) is 3. The minimum Gasteiger partial charge on any atom is -0.497 e. The first kappa shape index (κ1) is 14.8. The lowest BCUT2D eigenvalue weighted by atomic mass is 10.1. The number of benzene rings is 1. The summed E-state index contributed by atoms with van der Waals surface area (Å²) in [4.78, 5) is 0. The largest absolute Gasteiger partial charge is 0.497 e. The van der Waals surface area contributed by atoms with Gasteiger partial charge in [-0.3, -0.25) is 0 Å². The van der Waals surface area contributed by atoms with Gasteiger partial charge in [0, 0.05) is 17.7 Å². The molecule has 3 heteroatoms. The first-order valence-corrected chi connectivity index (χ1v) is 6.70. The molecule has 0 saturated heterocycles. The molecule has 1 rings (SSSR count). The van der Waals surface area contributed by atoms with Gasteiger partial charge in [-0.15, -0.1) is 0 Å².